The summed E-state index contributed by atoms with van der Waals surface area (Å²) in [7, 11) is 1.95. The third-order valence-electron chi connectivity index (χ3n) is 3.23. The molecule has 0 saturated carbocycles. The zero-order valence-corrected chi connectivity index (χ0v) is 11.4. The molecule has 0 aliphatic heterocycles. The largest absolute Gasteiger partial charge is 0.328 e. The van der Waals surface area contributed by atoms with E-state index in [0.717, 1.165) is 35.7 Å². The Labute approximate surface area is 103 Å². The van der Waals surface area contributed by atoms with Crippen LogP contribution in [-0.4, -0.2) is 15.8 Å². The van der Waals surface area contributed by atoms with Crippen molar-refractivity contribution in [1.29, 1.82) is 0 Å². The van der Waals surface area contributed by atoms with Crippen molar-refractivity contribution in [2.75, 3.05) is 0 Å². The van der Waals surface area contributed by atoms with E-state index in [1.807, 2.05) is 11.7 Å². The first-order valence-corrected chi connectivity index (χ1v) is 6.34. The maximum Gasteiger partial charge on any atom is 0.0849 e. The monoisotopic (exact) mass is 243 g/mol. The van der Waals surface area contributed by atoms with Crippen LogP contribution >= 0.6 is 11.6 Å². The summed E-state index contributed by atoms with van der Waals surface area (Å²) in [6, 6.07) is 0.195. The fraction of sp³-hybridized carbons (Fsp3) is 0.750. The topological polar surface area (TPSA) is 43.8 Å². The van der Waals surface area contributed by atoms with Gasteiger partial charge in [0.2, 0.25) is 0 Å². The molecule has 16 heavy (non-hydrogen) atoms. The minimum Gasteiger partial charge on any atom is -0.328 e. The highest BCUT2D eigenvalue weighted by Gasteiger charge is 2.19. The summed E-state index contributed by atoms with van der Waals surface area (Å²) in [4.78, 5) is 0. The van der Waals surface area contributed by atoms with Crippen LogP contribution in [0.2, 0.25) is 5.02 Å². The number of hydrogen-bond acceptors (Lipinski definition) is 2. The van der Waals surface area contributed by atoms with Crippen LogP contribution in [0.3, 0.4) is 0 Å². The van der Waals surface area contributed by atoms with Crippen LogP contribution < -0.4 is 5.73 Å². The maximum absolute atomic E-state index is 6.31. The summed E-state index contributed by atoms with van der Waals surface area (Å²) in [6.07, 6.45) is 2.86. The second-order valence-corrected chi connectivity index (χ2v) is 4.79. The number of halogens is 1. The van der Waals surface area contributed by atoms with Gasteiger partial charge in [-0.25, -0.2) is 0 Å². The molecular weight excluding hydrogens is 222 g/mol. The van der Waals surface area contributed by atoms with Crippen molar-refractivity contribution in [2.45, 2.75) is 46.1 Å². The Kier molecular flexibility index (Phi) is 4.81. The predicted molar refractivity (Wildman–Crippen MR) is 68.7 cm³/mol. The highest BCUT2D eigenvalue weighted by atomic mass is 35.5. The van der Waals surface area contributed by atoms with Gasteiger partial charge in [-0.05, 0) is 25.7 Å². The summed E-state index contributed by atoms with van der Waals surface area (Å²) in [5.41, 5.74) is 8.06. The molecule has 0 radical (unpaired) electrons. The molecule has 0 fully saturated rings. The minimum atomic E-state index is 0.195. The van der Waals surface area contributed by atoms with Crippen molar-refractivity contribution in [2.24, 2.45) is 18.7 Å². The van der Waals surface area contributed by atoms with Crippen LogP contribution in [0.5, 0.6) is 0 Å². The molecule has 3 nitrogen and oxygen atoms in total. The molecule has 1 heterocycles. The zero-order valence-electron chi connectivity index (χ0n) is 10.6. The van der Waals surface area contributed by atoms with Crippen molar-refractivity contribution in [3.63, 3.8) is 0 Å². The summed E-state index contributed by atoms with van der Waals surface area (Å²) < 4.78 is 1.90. The molecule has 2 unspecified atom stereocenters. The first kappa shape index (κ1) is 13.5. The molecule has 0 bridgehead atoms. The summed E-state index contributed by atoms with van der Waals surface area (Å²) in [6.45, 7) is 6.29. The molecule has 0 aromatic carbocycles. The van der Waals surface area contributed by atoms with E-state index in [9.17, 15) is 0 Å². The smallest absolute Gasteiger partial charge is 0.0849 e. The average molecular weight is 244 g/mol. The van der Waals surface area contributed by atoms with Crippen LogP contribution in [0.25, 0.3) is 0 Å². The quantitative estimate of drug-likeness (QED) is 0.864. The second kappa shape index (κ2) is 5.69. The Bertz CT molecular complexity index is 344. The van der Waals surface area contributed by atoms with Gasteiger partial charge < -0.3 is 5.73 Å². The maximum atomic E-state index is 6.31. The van der Waals surface area contributed by atoms with Gasteiger partial charge in [-0.15, -0.1) is 0 Å². The molecule has 0 spiro atoms. The van der Waals surface area contributed by atoms with E-state index < -0.39 is 0 Å². The Morgan fingerprint density at radius 1 is 1.44 bits per heavy atom. The van der Waals surface area contributed by atoms with Crippen molar-refractivity contribution in [3.8, 4) is 0 Å². The number of nitrogens with two attached hydrogens (primary N) is 1. The molecule has 0 aliphatic carbocycles. The fourth-order valence-electron chi connectivity index (χ4n) is 1.99. The molecule has 0 saturated heterocycles. The van der Waals surface area contributed by atoms with Gasteiger partial charge in [-0.3, -0.25) is 4.68 Å². The van der Waals surface area contributed by atoms with E-state index in [2.05, 4.69) is 25.9 Å². The minimum absolute atomic E-state index is 0.195. The van der Waals surface area contributed by atoms with Crippen LogP contribution in [0.15, 0.2) is 0 Å². The van der Waals surface area contributed by atoms with Gasteiger partial charge >= 0.3 is 0 Å². The molecule has 1 aromatic heterocycles. The van der Waals surface area contributed by atoms with Crippen LogP contribution in [0, 0.1) is 5.92 Å². The number of aryl methyl sites for hydroxylation is 2. The molecular formula is C12H22ClN3. The molecule has 0 aliphatic rings. The number of rotatable bonds is 5. The van der Waals surface area contributed by atoms with Gasteiger partial charge in [0.25, 0.3) is 0 Å². The molecule has 92 valence electrons. The second-order valence-electron chi connectivity index (χ2n) is 4.42. The lowest BCUT2D eigenvalue weighted by atomic mass is 9.93. The Balaban J connectivity index is 2.91. The molecule has 1 aromatic rings. The van der Waals surface area contributed by atoms with Crippen LogP contribution in [0.1, 0.15) is 38.6 Å². The SMILES string of the molecule is CCc1nn(C)c(CC(CC)C(C)N)c1Cl. The molecule has 1 rings (SSSR count). The summed E-state index contributed by atoms with van der Waals surface area (Å²) in [5.74, 6) is 0.470. The lowest BCUT2D eigenvalue weighted by molar-refractivity contribution is 0.417. The molecule has 2 N–H and O–H groups in total. The average Bonchev–Trinajstić information content (AvgIpc) is 2.51. The molecule has 4 heteroatoms. The summed E-state index contributed by atoms with van der Waals surface area (Å²) >= 11 is 6.31. The lowest BCUT2D eigenvalue weighted by Crippen LogP contribution is -2.28. The Morgan fingerprint density at radius 3 is 2.44 bits per heavy atom. The van der Waals surface area contributed by atoms with Gasteiger partial charge in [0.05, 0.1) is 16.4 Å². The van der Waals surface area contributed by atoms with Crippen LogP contribution in [0.4, 0.5) is 0 Å². The van der Waals surface area contributed by atoms with E-state index in [0.29, 0.717) is 5.92 Å². The van der Waals surface area contributed by atoms with Gasteiger partial charge in [-0.1, -0.05) is 31.9 Å². The molecule has 2 atom stereocenters. The molecule has 0 amide bonds. The Morgan fingerprint density at radius 2 is 2.06 bits per heavy atom. The standard InChI is InChI=1S/C12H22ClN3/c1-5-9(8(3)14)7-11-12(13)10(6-2)15-16(11)4/h8-9H,5-7,14H2,1-4H3. The summed E-state index contributed by atoms with van der Waals surface area (Å²) in [5, 5.41) is 5.24. The van der Waals surface area contributed by atoms with Crippen molar-refractivity contribution in [1.82, 2.24) is 9.78 Å². The highest BCUT2D eigenvalue weighted by Crippen LogP contribution is 2.25. The van der Waals surface area contributed by atoms with Crippen molar-refractivity contribution >= 4 is 11.6 Å². The number of hydrogen-bond donors (Lipinski definition) is 1. The normalized spacial score (nSPS) is 15.1. The fourth-order valence-corrected chi connectivity index (χ4v) is 2.36. The van der Waals surface area contributed by atoms with Gasteiger partial charge in [0.1, 0.15) is 0 Å². The zero-order chi connectivity index (χ0) is 12.3. The first-order valence-electron chi connectivity index (χ1n) is 5.97. The van der Waals surface area contributed by atoms with E-state index >= 15 is 0 Å². The van der Waals surface area contributed by atoms with Gasteiger partial charge in [0, 0.05) is 13.1 Å². The van der Waals surface area contributed by atoms with Crippen molar-refractivity contribution < 1.29 is 0 Å². The predicted octanol–water partition coefficient (Wildman–Crippen LogP) is 2.55. The van der Waals surface area contributed by atoms with E-state index in [4.69, 9.17) is 17.3 Å². The lowest BCUT2D eigenvalue weighted by Gasteiger charge is -2.18. The first-order chi connectivity index (χ1) is 7.51. The number of aromatic nitrogens is 2. The highest BCUT2D eigenvalue weighted by molar-refractivity contribution is 6.31. The van der Waals surface area contributed by atoms with Crippen molar-refractivity contribution in [3.05, 3.63) is 16.4 Å². The van der Waals surface area contributed by atoms with E-state index in [1.54, 1.807) is 0 Å². The third kappa shape index (κ3) is 2.77. The number of nitrogens with zero attached hydrogens (tertiary/aromatic N) is 2. The van der Waals surface area contributed by atoms with E-state index in [1.165, 1.54) is 0 Å². The van der Waals surface area contributed by atoms with E-state index in [-0.39, 0.29) is 6.04 Å². The van der Waals surface area contributed by atoms with Crippen LogP contribution in [-0.2, 0) is 19.9 Å². The van der Waals surface area contributed by atoms with Gasteiger partial charge in [-0.2, -0.15) is 5.10 Å². The Hall–Kier alpha value is -0.540. The van der Waals surface area contributed by atoms with Gasteiger partial charge in [0.15, 0.2) is 0 Å². The third-order valence-corrected chi connectivity index (χ3v) is 3.66.